The molecule has 1 nitrogen and oxygen atoms in total. The SMILES string of the molecule is CNC(Cc1ccc(C)cc1)c1cc2ccc(F)cc2s1. The Hall–Kier alpha value is -1.71. The van der Waals surface area contributed by atoms with Crippen molar-refractivity contribution in [2.24, 2.45) is 0 Å². The first kappa shape index (κ1) is 14.2. The summed E-state index contributed by atoms with van der Waals surface area (Å²) in [5.41, 5.74) is 2.58. The molecule has 0 saturated carbocycles. The highest BCUT2D eigenvalue weighted by Gasteiger charge is 2.13. The molecule has 2 aromatic carbocycles. The summed E-state index contributed by atoms with van der Waals surface area (Å²) in [6.07, 6.45) is 0.937. The van der Waals surface area contributed by atoms with Crippen LogP contribution in [-0.2, 0) is 6.42 Å². The van der Waals surface area contributed by atoms with E-state index in [-0.39, 0.29) is 11.9 Å². The van der Waals surface area contributed by atoms with Crippen LogP contribution in [0.25, 0.3) is 10.1 Å². The third kappa shape index (κ3) is 3.14. The lowest BCUT2D eigenvalue weighted by molar-refractivity contribution is 0.602. The molecule has 3 aromatic rings. The normalized spacial score (nSPS) is 12.7. The van der Waals surface area contributed by atoms with E-state index in [2.05, 4.69) is 42.6 Å². The van der Waals surface area contributed by atoms with E-state index in [1.54, 1.807) is 17.4 Å². The Balaban J connectivity index is 1.88. The van der Waals surface area contributed by atoms with Crippen LogP contribution in [-0.4, -0.2) is 7.05 Å². The molecule has 0 aliphatic carbocycles. The van der Waals surface area contributed by atoms with Crippen molar-refractivity contribution in [3.8, 4) is 0 Å². The minimum atomic E-state index is -0.171. The lowest BCUT2D eigenvalue weighted by atomic mass is 10.0. The Labute approximate surface area is 128 Å². The third-order valence-corrected chi connectivity index (χ3v) is 4.97. The van der Waals surface area contributed by atoms with E-state index in [1.165, 1.54) is 22.1 Å². The topological polar surface area (TPSA) is 12.0 Å². The molecule has 108 valence electrons. The van der Waals surface area contributed by atoms with Gasteiger partial charge in [0.05, 0.1) is 0 Å². The highest BCUT2D eigenvalue weighted by Crippen LogP contribution is 2.31. The summed E-state index contributed by atoms with van der Waals surface area (Å²) < 4.78 is 14.3. The summed E-state index contributed by atoms with van der Waals surface area (Å²) in [6, 6.07) is 16.0. The van der Waals surface area contributed by atoms with Crippen molar-refractivity contribution in [2.45, 2.75) is 19.4 Å². The Bertz CT molecular complexity index is 746. The van der Waals surface area contributed by atoms with Gasteiger partial charge in [0.15, 0.2) is 0 Å². The van der Waals surface area contributed by atoms with Crippen LogP contribution in [0, 0.1) is 12.7 Å². The number of aryl methyl sites for hydroxylation is 1. The van der Waals surface area contributed by atoms with Gasteiger partial charge in [-0.2, -0.15) is 0 Å². The number of nitrogens with one attached hydrogen (secondary N) is 1. The Morgan fingerprint density at radius 2 is 1.86 bits per heavy atom. The van der Waals surface area contributed by atoms with Crippen molar-refractivity contribution in [1.82, 2.24) is 5.32 Å². The second-order valence-corrected chi connectivity index (χ2v) is 6.48. The molecule has 1 aromatic heterocycles. The first-order chi connectivity index (χ1) is 10.2. The monoisotopic (exact) mass is 299 g/mol. The first-order valence-electron chi connectivity index (χ1n) is 7.07. The van der Waals surface area contributed by atoms with Crippen molar-refractivity contribution < 1.29 is 4.39 Å². The van der Waals surface area contributed by atoms with Gasteiger partial charge in [-0.05, 0) is 49.5 Å². The summed E-state index contributed by atoms with van der Waals surface area (Å²) in [7, 11) is 1.98. The summed E-state index contributed by atoms with van der Waals surface area (Å²) in [5.74, 6) is -0.171. The smallest absolute Gasteiger partial charge is 0.124 e. The highest BCUT2D eigenvalue weighted by atomic mass is 32.1. The van der Waals surface area contributed by atoms with Gasteiger partial charge in [-0.25, -0.2) is 4.39 Å². The van der Waals surface area contributed by atoms with E-state index < -0.39 is 0 Å². The van der Waals surface area contributed by atoms with Crippen molar-refractivity contribution in [2.75, 3.05) is 7.05 Å². The van der Waals surface area contributed by atoms with E-state index >= 15 is 0 Å². The molecule has 1 N–H and O–H groups in total. The zero-order chi connectivity index (χ0) is 14.8. The van der Waals surface area contributed by atoms with Crippen LogP contribution in [0.4, 0.5) is 4.39 Å². The molecule has 0 bridgehead atoms. The van der Waals surface area contributed by atoms with E-state index in [1.807, 2.05) is 13.1 Å². The van der Waals surface area contributed by atoms with Crippen LogP contribution in [0.2, 0.25) is 0 Å². The lowest BCUT2D eigenvalue weighted by Gasteiger charge is -2.14. The van der Waals surface area contributed by atoms with E-state index in [0.29, 0.717) is 0 Å². The molecule has 0 radical (unpaired) electrons. The molecule has 0 aliphatic rings. The summed E-state index contributed by atoms with van der Waals surface area (Å²) >= 11 is 1.66. The van der Waals surface area contributed by atoms with Crippen LogP contribution in [0.15, 0.2) is 48.5 Å². The highest BCUT2D eigenvalue weighted by molar-refractivity contribution is 7.19. The standard InChI is InChI=1S/C18H18FNS/c1-12-3-5-13(6-4-12)9-16(20-2)18-10-14-7-8-15(19)11-17(14)21-18/h3-8,10-11,16,20H,9H2,1-2H3. The molecule has 1 atom stereocenters. The van der Waals surface area contributed by atoms with Crippen LogP contribution < -0.4 is 5.32 Å². The van der Waals surface area contributed by atoms with Crippen molar-refractivity contribution in [1.29, 1.82) is 0 Å². The number of fused-ring (bicyclic) bond motifs is 1. The molecular weight excluding hydrogens is 281 g/mol. The van der Waals surface area contributed by atoms with Gasteiger partial charge in [0.1, 0.15) is 5.82 Å². The fourth-order valence-electron chi connectivity index (χ4n) is 2.50. The van der Waals surface area contributed by atoms with Crippen molar-refractivity contribution >= 4 is 21.4 Å². The second kappa shape index (κ2) is 5.96. The number of halogens is 1. The molecule has 0 fully saturated rings. The number of thiophene rings is 1. The minimum absolute atomic E-state index is 0.171. The molecule has 21 heavy (non-hydrogen) atoms. The van der Waals surface area contributed by atoms with Gasteiger partial charge in [-0.3, -0.25) is 0 Å². The fourth-order valence-corrected chi connectivity index (χ4v) is 3.70. The minimum Gasteiger partial charge on any atom is -0.312 e. The maximum atomic E-state index is 13.3. The van der Waals surface area contributed by atoms with Crippen molar-refractivity contribution in [3.63, 3.8) is 0 Å². The predicted molar refractivity (Wildman–Crippen MR) is 88.5 cm³/mol. The predicted octanol–water partition coefficient (Wildman–Crippen LogP) is 4.85. The largest absolute Gasteiger partial charge is 0.312 e. The molecule has 1 unspecified atom stereocenters. The quantitative estimate of drug-likeness (QED) is 0.726. The van der Waals surface area contributed by atoms with E-state index in [4.69, 9.17) is 0 Å². The van der Waals surface area contributed by atoms with E-state index in [0.717, 1.165) is 16.5 Å². The molecule has 1 heterocycles. The zero-order valence-electron chi connectivity index (χ0n) is 12.2. The van der Waals surface area contributed by atoms with Crippen LogP contribution in [0.1, 0.15) is 22.0 Å². The second-order valence-electron chi connectivity index (χ2n) is 5.36. The molecule has 0 aliphatic heterocycles. The Kier molecular flexibility index (Phi) is 4.04. The molecule has 0 spiro atoms. The molecule has 3 heteroatoms. The van der Waals surface area contributed by atoms with Gasteiger partial charge in [-0.15, -0.1) is 11.3 Å². The maximum absolute atomic E-state index is 13.3. The van der Waals surface area contributed by atoms with Crippen LogP contribution in [0.3, 0.4) is 0 Å². The average molecular weight is 299 g/mol. The van der Waals surface area contributed by atoms with Gasteiger partial charge in [-0.1, -0.05) is 35.9 Å². The number of hydrogen-bond donors (Lipinski definition) is 1. The number of rotatable bonds is 4. The summed E-state index contributed by atoms with van der Waals surface area (Å²) in [6.45, 7) is 2.10. The summed E-state index contributed by atoms with van der Waals surface area (Å²) in [4.78, 5) is 1.25. The molecular formula is C18H18FNS. The fraction of sp³-hybridized carbons (Fsp3) is 0.222. The average Bonchev–Trinajstić information content (AvgIpc) is 2.89. The Morgan fingerprint density at radius 1 is 1.10 bits per heavy atom. The summed E-state index contributed by atoms with van der Waals surface area (Å²) in [5, 5.41) is 4.49. The van der Waals surface area contributed by atoms with Crippen LogP contribution >= 0.6 is 11.3 Å². The third-order valence-electron chi connectivity index (χ3n) is 3.75. The van der Waals surface area contributed by atoms with Crippen LogP contribution in [0.5, 0.6) is 0 Å². The number of benzene rings is 2. The maximum Gasteiger partial charge on any atom is 0.124 e. The zero-order valence-corrected chi connectivity index (χ0v) is 13.0. The first-order valence-corrected chi connectivity index (χ1v) is 7.89. The van der Waals surface area contributed by atoms with Gasteiger partial charge in [0, 0.05) is 15.6 Å². The Morgan fingerprint density at radius 3 is 2.57 bits per heavy atom. The molecule has 0 amide bonds. The van der Waals surface area contributed by atoms with E-state index in [9.17, 15) is 4.39 Å². The van der Waals surface area contributed by atoms with Gasteiger partial charge < -0.3 is 5.32 Å². The van der Waals surface area contributed by atoms with Crippen molar-refractivity contribution in [3.05, 3.63) is 70.4 Å². The number of hydrogen-bond acceptors (Lipinski definition) is 2. The molecule has 3 rings (SSSR count). The lowest BCUT2D eigenvalue weighted by Crippen LogP contribution is -2.17. The number of likely N-dealkylation sites (N-methyl/N-ethyl adjacent to an activating group) is 1. The van der Waals surface area contributed by atoms with Gasteiger partial charge in [0.2, 0.25) is 0 Å². The van der Waals surface area contributed by atoms with Gasteiger partial charge >= 0.3 is 0 Å². The van der Waals surface area contributed by atoms with Gasteiger partial charge in [0.25, 0.3) is 0 Å². The molecule has 0 saturated heterocycles.